The number of rotatable bonds is 3. The number of anilines is 2. The van der Waals surface area contributed by atoms with E-state index in [1.54, 1.807) is 6.07 Å². The predicted octanol–water partition coefficient (Wildman–Crippen LogP) is 4.59. The van der Waals surface area contributed by atoms with Crippen LogP contribution in [0.4, 0.5) is 11.5 Å². The molecule has 1 heterocycles. The Kier molecular flexibility index (Phi) is 3.52. The summed E-state index contributed by atoms with van der Waals surface area (Å²) in [5, 5.41) is 6.13. The zero-order valence-electron chi connectivity index (χ0n) is 11.1. The molecule has 0 spiro atoms. The Morgan fingerprint density at radius 3 is 2.70 bits per heavy atom. The maximum absolute atomic E-state index is 6.02. The van der Waals surface area contributed by atoms with Crippen LogP contribution in [0.15, 0.2) is 48.5 Å². The van der Waals surface area contributed by atoms with Crippen molar-refractivity contribution < 1.29 is 0 Å². The van der Waals surface area contributed by atoms with Crippen LogP contribution in [-0.4, -0.2) is 9.97 Å². The lowest BCUT2D eigenvalue weighted by Crippen LogP contribution is -2.00. The van der Waals surface area contributed by atoms with E-state index in [1.807, 2.05) is 31.2 Å². The molecule has 0 radical (unpaired) electrons. The Morgan fingerprint density at radius 2 is 1.85 bits per heavy atom. The summed E-state index contributed by atoms with van der Waals surface area (Å²) < 4.78 is 0. The van der Waals surface area contributed by atoms with Gasteiger partial charge in [0.15, 0.2) is 0 Å². The molecule has 20 heavy (non-hydrogen) atoms. The van der Waals surface area contributed by atoms with Gasteiger partial charge in [-0.25, -0.2) is 9.97 Å². The first kappa shape index (κ1) is 12.9. The average Bonchev–Trinajstić information content (AvgIpc) is 2.47. The second-order valence-corrected chi connectivity index (χ2v) is 4.88. The second-order valence-electron chi connectivity index (χ2n) is 4.50. The van der Waals surface area contributed by atoms with Gasteiger partial charge in [-0.2, -0.15) is 0 Å². The molecule has 3 rings (SSSR count). The number of nitrogens with zero attached hydrogens (tertiary/aromatic N) is 2. The van der Waals surface area contributed by atoms with Crippen molar-refractivity contribution in [2.45, 2.75) is 13.3 Å². The lowest BCUT2D eigenvalue weighted by molar-refractivity contribution is 0.943. The minimum Gasteiger partial charge on any atom is -0.340 e. The van der Waals surface area contributed by atoms with Gasteiger partial charge in [0.25, 0.3) is 0 Å². The Morgan fingerprint density at radius 1 is 1.05 bits per heavy atom. The zero-order chi connectivity index (χ0) is 13.9. The van der Waals surface area contributed by atoms with Gasteiger partial charge in [-0.1, -0.05) is 54.9 Å². The van der Waals surface area contributed by atoms with Crippen LogP contribution in [0.5, 0.6) is 0 Å². The van der Waals surface area contributed by atoms with Crippen molar-refractivity contribution in [3.8, 4) is 0 Å². The Bertz CT molecular complexity index is 750. The van der Waals surface area contributed by atoms with Gasteiger partial charge >= 0.3 is 0 Å². The number of hydrogen-bond acceptors (Lipinski definition) is 3. The monoisotopic (exact) mass is 283 g/mol. The number of nitrogens with one attached hydrogen (secondary N) is 1. The van der Waals surface area contributed by atoms with Crippen molar-refractivity contribution in [2.24, 2.45) is 0 Å². The number of aromatic nitrogens is 2. The van der Waals surface area contributed by atoms with Gasteiger partial charge in [0.05, 0.1) is 0 Å². The van der Waals surface area contributed by atoms with Crippen LogP contribution >= 0.6 is 11.6 Å². The van der Waals surface area contributed by atoms with Crippen molar-refractivity contribution in [3.63, 3.8) is 0 Å². The molecule has 3 nitrogen and oxygen atoms in total. The minimum atomic E-state index is 0.458. The molecule has 4 heteroatoms. The molecule has 0 amide bonds. The van der Waals surface area contributed by atoms with Crippen molar-refractivity contribution in [1.29, 1.82) is 0 Å². The van der Waals surface area contributed by atoms with E-state index in [0.29, 0.717) is 5.15 Å². The van der Waals surface area contributed by atoms with Crippen molar-refractivity contribution in [3.05, 3.63) is 59.5 Å². The van der Waals surface area contributed by atoms with E-state index in [-0.39, 0.29) is 0 Å². The number of fused-ring (bicyclic) bond motifs is 1. The van der Waals surface area contributed by atoms with Crippen LogP contribution in [0.1, 0.15) is 12.7 Å². The quantitative estimate of drug-likeness (QED) is 0.715. The first-order valence-corrected chi connectivity index (χ1v) is 6.92. The van der Waals surface area contributed by atoms with E-state index in [0.717, 1.165) is 29.1 Å². The van der Waals surface area contributed by atoms with Gasteiger partial charge in [-0.05, 0) is 11.5 Å². The molecule has 0 aliphatic carbocycles. The lowest BCUT2D eigenvalue weighted by atomic mass is 10.1. The van der Waals surface area contributed by atoms with E-state index in [9.17, 15) is 0 Å². The normalized spacial score (nSPS) is 10.7. The fraction of sp³-hybridized carbons (Fsp3) is 0.125. The molecule has 0 fully saturated rings. The Hall–Kier alpha value is -2.13. The molecule has 100 valence electrons. The summed E-state index contributed by atoms with van der Waals surface area (Å²) in [6.45, 7) is 2.01. The van der Waals surface area contributed by atoms with Gasteiger partial charge in [-0.15, -0.1) is 0 Å². The maximum Gasteiger partial charge on any atom is 0.135 e. The van der Waals surface area contributed by atoms with E-state index < -0.39 is 0 Å². The van der Waals surface area contributed by atoms with Crippen molar-refractivity contribution in [1.82, 2.24) is 9.97 Å². The number of halogens is 1. The van der Waals surface area contributed by atoms with Crippen LogP contribution in [0.25, 0.3) is 10.8 Å². The topological polar surface area (TPSA) is 37.8 Å². The fourth-order valence-electron chi connectivity index (χ4n) is 2.16. The zero-order valence-corrected chi connectivity index (χ0v) is 11.9. The lowest BCUT2D eigenvalue weighted by Gasteiger charge is -2.10. The van der Waals surface area contributed by atoms with E-state index in [2.05, 4.69) is 33.5 Å². The van der Waals surface area contributed by atoms with Crippen LogP contribution in [0.2, 0.25) is 5.15 Å². The first-order valence-electron chi connectivity index (χ1n) is 6.54. The molecule has 0 atom stereocenters. The highest BCUT2D eigenvalue weighted by Gasteiger charge is 2.04. The molecule has 0 bridgehead atoms. The SMILES string of the molecule is CCc1nc(Cl)cc(Nc2cccc3ccccc23)n1. The molecule has 0 saturated heterocycles. The van der Waals surface area contributed by atoms with E-state index >= 15 is 0 Å². The standard InChI is InChI=1S/C16H14ClN3/c1-2-15-19-14(17)10-16(20-15)18-13-9-5-7-11-6-3-4-8-12(11)13/h3-10H,2H2,1H3,(H,18,19,20). The smallest absolute Gasteiger partial charge is 0.135 e. The van der Waals surface area contributed by atoms with Gasteiger partial charge in [-0.3, -0.25) is 0 Å². The first-order chi connectivity index (χ1) is 9.76. The van der Waals surface area contributed by atoms with Gasteiger partial charge < -0.3 is 5.32 Å². The fourth-order valence-corrected chi connectivity index (χ4v) is 2.36. The summed E-state index contributed by atoms with van der Waals surface area (Å²) >= 11 is 6.02. The molecular weight excluding hydrogens is 270 g/mol. The third-order valence-corrected chi connectivity index (χ3v) is 3.30. The number of benzene rings is 2. The molecule has 2 aromatic carbocycles. The summed E-state index contributed by atoms with van der Waals surface area (Å²) in [5.74, 6) is 1.46. The molecule has 0 saturated carbocycles. The summed E-state index contributed by atoms with van der Waals surface area (Å²) in [6.07, 6.45) is 0.755. The summed E-state index contributed by atoms with van der Waals surface area (Å²) in [6, 6.07) is 16.1. The van der Waals surface area contributed by atoms with Crippen LogP contribution in [0, 0.1) is 0 Å². The van der Waals surface area contributed by atoms with Gasteiger partial charge in [0.2, 0.25) is 0 Å². The average molecular weight is 284 g/mol. The molecule has 0 aliphatic heterocycles. The van der Waals surface area contributed by atoms with Crippen molar-refractivity contribution >= 4 is 33.9 Å². The van der Waals surface area contributed by atoms with Gasteiger partial charge in [0.1, 0.15) is 16.8 Å². The maximum atomic E-state index is 6.02. The highest BCUT2D eigenvalue weighted by Crippen LogP contribution is 2.26. The third-order valence-electron chi connectivity index (χ3n) is 3.11. The van der Waals surface area contributed by atoms with Crippen LogP contribution < -0.4 is 5.32 Å². The Balaban J connectivity index is 2.03. The van der Waals surface area contributed by atoms with Crippen LogP contribution in [0.3, 0.4) is 0 Å². The molecule has 1 aromatic heterocycles. The minimum absolute atomic E-state index is 0.458. The Labute approximate surface area is 122 Å². The molecule has 3 aromatic rings. The summed E-state index contributed by atoms with van der Waals surface area (Å²) in [7, 11) is 0. The second kappa shape index (κ2) is 5.47. The summed E-state index contributed by atoms with van der Waals surface area (Å²) in [4.78, 5) is 8.62. The summed E-state index contributed by atoms with van der Waals surface area (Å²) in [5.41, 5.74) is 1.01. The van der Waals surface area contributed by atoms with E-state index in [4.69, 9.17) is 11.6 Å². The molecule has 1 N–H and O–H groups in total. The third kappa shape index (κ3) is 2.58. The number of aryl methyl sites for hydroxylation is 1. The molecular formula is C16H14ClN3. The van der Waals surface area contributed by atoms with E-state index in [1.165, 1.54) is 5.39 Å². The largest absolute Gasteiger partial charge is 0.340 e. The van der Waals surface area contributed by atoms with Gasteiger partial charge in [0, 0.05) is 23.6 Å². The highest BCUT2D eigenvalue weighted by molar-refractivity contribution is 6.29. The highest BCUT2D eigenvalue weighted by atomic mass is 35.5. The predicted molar refractivity (Wildman–Crippen MR) is 83.7 cm³/mol. The molecule has 0 unspecified atom stereocenters. The van der Waals surface area contributed by atoms with Crippen LogP contribution in [-0.2, 0) is 6.42 Å². The van der Waals surface area contributed by atoms with Crippen molar-refractivity contribution in [2.75, 3.05) is 5.32 Å². The molecule has 0 aliphatic rings. The number of hydrogen-bond donors (Lipinski definition) is 1.